The Labute approximate surface area is 80.3 Å². The molecule has 0 bridgehead atoms. The molecule has 2 N–H and O–H groups in total. The number of amides is 1. The molecular formula is C10H20N2O. The van der Waals surface area contributed by atoms with Gasteiger partial charge in [0.1, 0.15) is 0 Å². The number of hydrogen-bond donors (Lipinski definition) is 2. The van der Waals surface area contributed by atoms with Gasteiger partial charge in [-0.05, 0) is 37.8 Å². The van der Waals surface area contributed by atoms with Crippen LogP contribution in [0.15, 0.2) is 0 Å². The smallest absolute Gasteiger partial charge is 0.220 e. The largest absolute Gasteiger partial charge is 0.359 e. The van der Waals surface area contributed by atoms with Crippen LogP contribution in [0.3, 0.4) is 0 Å². The summed E-state index contributed by atoms with van der Waals surface area (Å²) < 4.78 is 0. The Morgan fingerprint density at radius 2 is 2.15 bits per heavy atom. The van der Waals surface area contributed by atoms with Crippen molar-refractivity contribution in [2.24, 2.45) is 11.8 Å². The summed E-state index contributed by atoms with van der Waals surface area (Å²) in [6.07, 6.45) is 3.12. The van der Waals surface area contributed by atoms with Crippen LogP contribution in [-0.2, 0) is 4.79 Å². The molecule has 3 heteroatoms. The Balaban J connectivity index is 2.28. The van der Waals surface area contributed by atoms with Crippen molar-refractivity contribution in [1.82, 2.24) is 10.6 Å². The summed E-state index contributed by atoms with van der Waals surface area (Å²) in [5, 5.41) is 6.02. The van der Waals surface area contributed by atoms with Gasteiger partial charge >= 0.3 is 0 Å². The first-order valence-corrected chi connectivity index (χ1v) is 5.15. The van der Waals surface area contributed by atoms with Crippen LogP contribution in [0, 0.1) is 11.8 Å². The summed E-state index contributed by atoms with van der Waals surface area (Å²) in [5.41, 5.74) is 0. The second kappa shape index (κ2) is 5.22. The van der Waals surface area contributed by atoms with Gasteiger partial charge in [0.2, 0.25) is 5.91 Å². The van der Waals surface area contributed by atoms with Crippen molar-refractivity contribution in [2.45, 2.75) is 26.2 Å². The Bertz CT molecular complexity index is 164. The summed E-state index contributed by atoms with van der Waals surface area (Å²) in [4.78, 5) is 11.1. The fourth-order valence-electron chi connectivity index (χ4n) is 1.97. The van der Waals surface area contributed by atoms with E-state index in [1.807, 2.05) is 0 Å². The standard InChI is InChI=1S/C10H20N2O/c1-8(7-10(13)11-2)9-3-5-12-6-4-9/h8-9,12H,3-7H2,1-2H3,(H,11,13). The Kier molecular flexibility index (Phi) is 4.22. The molecule has 3 nitrogen and oxygen atoms in total. The fourth-order valence-corrected chi connectivity index (χ4v) is 1.97. The van der Waals surface area contributed by atoms with Crippen molar-refractivity contribution in [2.75, 3.05) is 20.1 Å². The maximum atomic E-state index is 11.1. The molecule has 1 fully saturated rings. The van der Waals surface area contributed by atoms with Gasteiger partial charge in [0.05, 0.1) is 0 Å². The van der Waals surface area contributed by atoms with Crippen molar-refractivity contribution in [3.63, 3.8) is 0 Å². The topological polar surface area (TPSA) is 41.1 Å². The maximum Gasteiger partial charge on any atom is 0.220 e. The molecule has 1 atom stereocenters. The molecule has 1 amide bonds. The van der Waals surface area contributed by atoms with Crippen LogP contribution >= 0.6 is 0 Å². The predicted molar refractivity (Wildman–Crippen MR) is 53.4 cm³/mol. The number of carbonyl (C=O) groups excluding carboxylic acids is 1. The van der Waals surface area contributed by atoms with E-state index in [0.717, 1.165) is 19.0 Å². The highest BCUT2D eigenvalue weighted by atomic mass is 16.1. The van der Waals surface area contributed by atoms with Crippen molar-refractivity contribution in [3.8, 4) is 0 Å². The fraction of sp³-hybridized carbons (Fsp3) is 0.900. The highest BCUT2D eigenvalue weighted by molar-refractivity contribution is 5.75. The van der Waals surface area contributed by atoms with Crippen molar-refractivity contribution >= 4 is 5.91 Å². The summed E-state index contributed by atoms with van der Waals surface area (Å²) in [7, 11) is 1.71. The van der Waals surface area contributed by atoms with Crippen molar-refractivity contribution in [1.29, 1.82) is 0 Å². The normalized spacial score (nSPS) is 21.1. The lowest BCUT2D eigenvalue weighted by Gasteiger charge is -2.27. The molecule has 1 saturated heterocycles. The first-order valence-electron chi connectivity index (χ1n) is 5.15. The molecule has 13 heavy (non-hydrogen) atoms. The van der Waals surface area contributed by atoms with E-state index in [1.165, 1.54) is 12.8 Å². The van der Waals surface area contributed by atoms with Gasteiger partial charge in [-0.25, -0.2) is 0 Å². The number of nitrogens with one attached hydrogen (secondary N) is 2. The van der Waals surface area contributed by atoms with Gasteiger partial charge in [-0.2, -0.15) is 0 Å². The molecule has 76 valence electrons. The van der Waals surface area contributed by atoms with E-state index in [-0.39, 0.29) is 5.91 Å². The first-order chi connectivity index (χ1) is 6.24. The minimum absolute atomic E-state index is 0.172. The quantitative estimate of drug-likeness (QED) is 0.680. The number of rotatable bonds is 3. The molecular weight excluding hydrogens is 164 g/mol. The third kappa shape index (κ3) is 3.35. The zero-order valence-electron chi connectivity index (χ0n) is 8.60. The van der Waals surface area contributed by atoms with Gasteiger partial charge in [0.15, 0.2) is 0 Å². The molecule has 1 heterocycles. The Hall–Kier alpha value is -0.570. The van der Waals surface area contributed by atoms with Crippen LogP contribution in [0.1, 0.15) is 26.2 Å². The lowest BCUT2D eigenvalue weighted by molar-refractivity contribution is -0.121. The maximum absolute atomic E-state index is 11.1. The molecule has 1 rings (SSSR count). The van der Waals surface area contributed by atoms with E-state index in [1.54, 1.807) is 7.05 Å². The highest BCUT2D eigenvalue weighted by Crippen LogP contribution is 2.23. The van der Waals surface area contributed by atoms with Crippen LogP contribution in [-0.4, -0.2) is 26.0 Å². The molecule has 0 aliphatic carbocycles. The van der Waals surface area contributed by atoms with Gasteiger partial charge < -0.3 is 10.6 Å². The minimum Gasteiger partial charge on any atom is -0.359 e. The summed E-state index contributed by atoms with van der Waals surface area (Å²) >= 11 is 0. The average molecular weight is 184 g/mol. The van der Waals surface area contributed by atoms with E-state index in [2.05, 4.69) is 17.6 Å². The lowest BCUT2D eigenvalue weighted by Crippen LogP contribution is -2.32. The number of carbonyl (C=O) groups is 1. The number of hydrogen-bond acceptors (Lipinski definition) is 2. The van der Waals surface area contributed by atoms with E-state index in [9.17, 15) is 4.79 Å². The molecule has 1 unspecified atom stereocenters. The molecule has 0 saturated carbocycles. The predicted octanol–water partition coefficient (Wildman–Crippen LogP) is 0.758. The highest BCUT2D eigenvalue weighted by Gasteiger charge is 2.21. The van der Waals surface area contributed by atoms with Crippen LogP contribution in [0.4, 0.5) is 0 Å². The van der Waals surface area contributed by atoms with E-state index in [0.29, 0.717) is 12.3 Å². The lowest BCUT2D eigenvalue weighted by atomic mass is 9.84. The van der Waals surface area contributed by atoms with Gasteiger partial charge in [-0.1, -0.05) is 6.92 Å². The zero-order chi connectivity index (χ0) is 9.68. The first kappa shape index (κ1) is 10.5. The summed E-state index contributed by atoms with van der Waals surface area (Å²) in [5.74, 6) is 1.44. The molecule has 1 aliphatic rings. The monoisotopic (exact) mass is 184 g/mol. The number of piperidine rings is 1. The molecule has 0 aromatic heterocycles. The van der Waals surface area contributed by atoms with Crippen molar-refractivity contribution < 1.29 is 4.79 Å². The van der Waals surface area contributed by atoms with Crippen LogP contribution < -0.4 is 10.6 Å². The Morgan fingerprint density at radius 1 is 1.54 bits per heavy atom. The Morgan fingerprint density at radius 3 is 2.69 bits per heavy atom. The zero-order valence-corrected chi connectivity index (χ0v) is 8.60. The minimum atomic E-state index is 0.172. The van der Waals surface area contributed by atoms with Crippen molar-refractivity contribution in [3.05, 3.63) is 0 Å². The van der Waals surface area contributed by atoms with E-state index >= 15 is 0 Å². The average Bonchev–Trinajstić information content (AvgIpc) is 2.19. The third-order valence-corrected chi connectivity index (χ3v) is 2.97. The van der Waals surface area contributed by atoms with Crippen LogP contribution in [0.25, 0.3) is 0 Å². The SMILES string of the molecule is CNC(=O)CC(C)C1CCNCC1. The summed E-state index contributed by atoms with van der Waals surface area (Å²) in [6.45, 7) is 4.41. The second-order valence-corrected chi connectivity index (χ2v) is 3.94. The van der Waals surface area contributed by atoms with E-state index in [4.69, 9.17) is 0 Å². The molecule has 0 radical (unpaired) electrons. The molecule has 0 aromatic rings. The third-order valence-electron chi connectivity index (χ3n) is 2.97. The van der Waals surface area contributed by atoms with Crippen LogP contribution in [0.2, 0.25) is 0 Å². The van der Waals surface area contributed by atoms with Gasteiger partial charge in [-0.15, -0.1) is 0 Å². The molecule has 1 aliphatic heterocycles. The van der Waals surface area contributed by atoms with Crippen LogP contribution in [0.5, 0.6) is 0 Å². The van der Waals surface area contributed by atoms with Gasteiger partial charge in [0, 0.05) is 13.5 Å². The summed E-state index contributed by atoms with van der Waals surface area (Å²) in [6, 6.07) is 0. The molecule has 0 spiro atoms. The molecule has 0 aromatic carbocycles. The van der Waals surface area contributed by atoms with Gasteiger partial charge in [0.25, 0.3) is 0 Å². The second-order valence-electron chi connectivity index (χ2n) is 3.94. The van der Waals surface area contributed by atoms with E-state index < -0.39 is 0 Å². The van der Waals surface area contributed by atoms with Gasteiger partial charge in [-0.3, -0.25) is 4.79 Å².